The number of amides is 3. The van der Waals surface area contributed by atoms with Crippen LogP contribution in [0.3, 0.4) is 0 Å². The van der Waals surface area contributed by atoms with Crippen molar-refractivity contribution in [3.8, 4) is 0 Å². The van der Waals surface area contributed by atoms with Crippen molar-refractivity contribution >= 4 is 11.9 Å². The van der Waals surface area contributed by atoms with E-state index >= 15 is 0 Å². The quantitative estimate of drug-likeness (QED) is 0.533. The maximum absolute atomic E-state index is 11.5. The molecule has 14 heavy (non-hydrogen) atoms. The molecule has 2 fully saturated rings. The summed E-state index contributed by atoms with van der Waals surface area (Å²) in [4.78, 5) is 22.5. The van der Waals surface area contributed by atoms with Gasteiger partial charge in [0.05, 0.1) is 0 Å². The molecule has 5 heteroatoms. The van der Waals surface area contributed by atoms with Gasteiger partial charge >= 0.3 is 6.03 Å². The van der Waals surface area contributed by atoms with Gasteiger partial charge in [0.2, 0.25) is 0 Å². The fourth-order valence-electron chi connectivity index (χ4n) is 2.15. The standard InChI is InChI=1S/C9H15N3O2/c1-9(5-6-3-2-4-10-6)7(13)11-8(14)12-9/h6,10H,2-5H2,1H3,(H2,11,12,13,14)/t6-,9-/m0/s1. The number of carbonyl (C=O) groups is 2. The predicted molar refractivity (Wildman–Crippen MR) is 50.7 cm³/mol. The van der Waals surface area contributed by atoms with Gasteiger partial charge in [0.25, 0.3) is 5.91 Å². The van der Waals surface area contributed by atoms with Crippen LogP contribution < -0.4 is 16.0 Å². The van der Waals surface area contributed by atoms with Gasteiger partial charge in [-0.2, -0.15) is 0 Å². The number of hydrogen-bond donors (Lipinski definition) is 3. The molecule has 0 aromatic heterocycles. The number of urea groups is 1. The van der Waals surface area contributed by atoms with Crippen LogP contribution in [0.15, 0.2) is 0 Å². The molecule has 0 aromatic carbocycles. The third-order valence-electron chi connectivity index (χ3n) is 2.93. The van der Waals surface area contributed by atoms with Crippen molar-refractivity contribution in [2.75, 3.05) is 6.54 Å². The summed E-state index contributed by atoms with van der Waals surface area (Å²) in [7, 11) is 0. The summed E-state index contributed by atoms with van der Waals surface area (Å²) < 4.78 is 0. The van der Waals surface area contributed by atoms with Crippen LogP contribution >= 0.6 is 0 Å². The lowest BCUT2D eigenvalue weighted by Crippen LogP contribution is -2.47. The number of imide groups is 1. The zero-order valence-corrected chi connectivity index (χ0v) is 8.22. The van der Waals surface area contributed by atoms with Gasteiger partial charge in [-0.3, -0.25) is 10.1 Å². The van der Waals surface area contributed by atoms with Crippen molar-refractivity contribution in [2.45, 2.75) is 37.8 Å². The van der Waals surface area contributed by atoms with Crippen molar-refractivity contribution < 1.29 is 9.59 Å². The van der Waals surface area contributed by atoms with Crippen LogP contribution in [-0.2, 0) is 4.79 Å². The number of hydrogen-bond acceptors (Lipinski definition) is 3. The highest BCUT2D eigenvalue weighted by Crippen LogP contribution is 2.21. The van der Waals surface area contributed by atoms with Crippen molar-refractivity contribution in [1.82, 2.24) is 16.0 Å². The molecule has 0 aromatic rings. The predicted octanol–water partition coefficient (Wildman–Crippen LogP) is -0.273. The molecule has 2 heterocycles. The van der Waals surface area contributed by atoms with Gasteiger partial charge in [-0.15, -0.1) is 0 Å². The summed E-state index contributed by atoms with van der Waals surface area (Å²) in [6, 6.07) is -0.0281. The van der Waals surface area contributed by atoms with Crippen LogP contribution in [0.2, 0.25) is 0 Å². The Morgan fingerprint density at radius 3 is 2.79 bits per heavy atom. The maximum Gasteiger partial charge on any atom is 0.322 e. The third kappa shape index (κ3) is 1.59. The Labute approximate surface area is 82.6 Å². The van der Waals surface area contributed by atoms with E-state index in [2.05, 4.69) is 16.0 Å². The van der Waals surface area contributed by atoms with Crippen LogP contribution in [-0.4, -0.2) is 30.1 Å². The SMILES string of the molecule is C[C@@]1(C[C@@H]2CCCN2)NC(=O)NC1=O. The summed E-state index contributed by atoms with van der Waals surface area (Å²) in [6.45, 7) is 2.78. The minimum absolute atomic E-state index is 0.212. The Kier molecular flexibility index (Phi) is 2.19. The summed E-state index contributed by atoms with van der Waals surface area (Å²) in [5.74, 6) is -0.212. The topological polar surface area (TPSA) is 70.2 Å². The summed E-state index contributed by atoms with van der Waals surface area (Å²) in [5, 5.41) is 8.24. The number of rotatable bonds is 2. The lowest BCUT2D eigenvalue weighted by atomic mass is 9.92. The molecule has 0 saturated carbocycles. The van der Waals surface area contributed by atoms with Crippen LogP contribution in [0.1, 0.15) is 26.2 Å². The van der Waals surface area contributed by atoms with Gasteiger partial charge in [-0.1, -0.05) is 0 Å². The van der Waals surface area contributed by atoms with Crippen molar-refractivity contribution in [3.05, 3.63) is 0 Å². The molecule has 0 unspecified atom stereocenters. The first kappa shape index (κ1) is 9.45. The fourth-order valence-corrected chi connectivity index (χ4v) is 2.15. The van der Waals surface area contributed by atoms with Crippen LogP contribution in [0.25, 0.3) is 0 Å². The lowest BCUT2D eigenvalue weighted by Gasteiger charge is -2.24. The Bertz CT molecular complexity index is 273. The monoisotopic (exact) mass is 197 g/mol. The molecular formula is C9H15N3O2. The molecule has 2 saturated heterocycles. The molecule has 0 spiro atoms. The Balaban J connectivity index is 2.01. The van der Waals surface area contributed by atoms with Crippen LogP contribution in [0, 0.1) is 0 Å². The highest BCUT2D eigenvalue weighted by Gasteiger charge is 2.43. The van der Waals surface area contributed by atoms with E-state index in [4.69, 9.17) is 0 Å². The summed E-state index contributed by atoms with van der Waals surface area (Å²) in [5.41, 5.74) is -0.723. The number of nitrogens with one attached hydrogen (secondary N) is 3. The van der Waals surface area contributed by atoms with E-state index in [-0.39, 0.29) is 11.9 Å². The normalized spacial score (nSPS) is 37.1. The average molecular weight is 197 g/mol. The van der Waals surface area contributed by atoms with E-state index in [1.165, 1.54) is 0 Å². The minimum Gasteiger partial charge on any atom is -0.323 e. The van der Waals surface area contributed by atoms with E-state index in [0.717, 1.165) is 19.4 Å². The second kappa shape index (κ2) is 3.24. The van der Waals surface area contributed by atoms with Crippen molar-refractivity contribution in [3.63, 3.8) is 0 Å². The molecular weight excluding hydrogens is 182 g/mol. The summed E-state index contributed by atoms with van der Waals surface area (Å²) in [6.07, 6.45) is 2.90. The molecule has 2 rings (SSSR count). The van der Waals surface area contributed by atoms with E-state index in [9.17, 15) is 9.59 Å². The van der Waals surface area contributed by atoms with E-state index < -0.39 is 5.54 Å². The summed E-state index contributed by atoms with van der Waals surface area (Å²) >= 11 is 0. The van der Waals surface area contributed by atoms with Gasteiger partial charge < -0.3 is 10.6 Å². The highest BCUT2D eigenvalue weighted by molar-refractivity contribution is 6.06. The Morgan fingerprint density at radius 1 is 1.50 bits per heavy atom. The average Bonchev–Trinajstić information content (AvgIpc) is 2.62. The Hall–Kier alpha value is -1.10. The first-order valence-corrected chi connectivity index (χ1v) is 4.97. The maximum atomic E-state index is 11.5. The molecule has 5 nitrogen and oxygen atoms in total. The first-order chi connectivity index (χ1) is 6.60. The highest BCUT2D eigenvalue weighted by atomic mass is 16.2. The molecule has 3 N–H and O–H groups in total. The minimum atomic E-state index is -0.723. The van der Waals surface area contributed by atoms with Gasteiger partial charge in [0.1, 0.15) is 5.54 Å². The molecule has 0 aliphatic carbocycles. The van der Waals surface area contributed by atoms with E-state index in [1.807, 2.05) is 0 Å². The third-order valence-corrected chi connectivity index (χ3v) is 2.93. The molecule has 78 valence electrons. The van der Waals surface area contributed by atoms with Crippen LogP contribution in [0.4, 0.5) is 4.79 Å². The molecule has 0 radical (unpaired) electrons. The van der Waals surface area contributed by atoms with Crippen LogP contribution in [0.5, 0.6) is 0 Å². The Morgan fingerprint density at radius 2 is 2.29 bits per heavy atom. The van der Waals surface area contributed by atoms with Gasteiger partial charge in [0, 0.05) is 6.04 Å². The molecule has 2 aliphatic rings. The van der Waals surface area contributed by atoms with Gasteiger partial charge in [-0.05, 0) is 32.7 Å². The number of carbonyl (C=O) groups excluding carboxylic acids is 2. The van der Waals surface area contributed by atoms with Crippen molar-refractivity contribution in [2.24, 2.45) is 0 Å². The molecule has 3 amide bonds. The van der Waals surface area contributed by atoms with Crippen molar-refractivity contribution in [1.29, 1.82) is 0 Å². The second-order valence-electron chi connectivity index (χ2n) is 4.24. The zero-order chi connectivity index (χ0) is 10.2. The largest absolute Gasteiger partial charge is 0.323 e. The van der Waals surface area contributed by atoms with E-state index in [1.54, 1.807) is 6.92 Å². The smallest absolute Gasteiger partial charge is 0.322 e. The lowest BCUT2D eigenvalue weighted by molar-refractivity contribution is -0.123. The zero-order valence-electron chi connectivity index (χ0n) is 8.22. The second-order valence-corrected chi connectivity index (χ2v) is 4.24. The molecule has 0 bridgehead atoms. The van der Waals surface area contributed by atoms with Gasteiger partial charge in [0.15, 0.2) is 0 Å². The fraction of sp³-hybridized carbons (Fsp3) is 0.778. The first-order valence-electron chi connectivity index (χ1n) is 4.97. The van der Waals surface area contributed by atoms with E-state index in [0.29, 0.717) is 12.5 Å². The van der Waals surface area contributed by atoms with Gasteiger partial charge in [-0.25, -0.2) is 4.79 Å². The molecule has 2 atom stereocenters. The molecule has 2 aliphatic heterocycles.